The number of aromatic nitrogens is 1. The Morgan fingerprint density at radius 2 is 1.85 bits per heavy atom. The lowest BCUT2D eigenvalue weighted by molar-refractivity contribution is -0.118. The summed E-state index contributed by atoms with van der Waals surface area (Å²) in [6.45, 7) is 7.68. The molecule has 1 saturated carbocycles. The molecule has 2 fully saturated rings. The number of hydrogen-bond donors (Lipinski definition) is 1. The normalized spacial score (nSPS) is 22.2. The average Bonchev–Trinajstić information content (AvgIpc) is 2.87. The summed E-state index contributed by atoms with van der Waals surface area (Å²) in [5, 5.41) is 12.8. The SMILES string of the molecule is Cc1c(C#N)c(NC(=O)CN2CCCC[C@H]2C)n(C2CCCCC2)c1C. The molecule has 0 bridgehead atoms. The first-order valence-electron chi connectivity index (χ1n) is 10.2. The molecule has 1 aromatic rings. The van der Waals surface area contributed by atoms with Gasteiger partial charge in [-0.05, 0) is 58.6 Å². The van der Waals surface area contributed by atoms with E-state index in [1.165, 1.54) is 25.7 Å². The van der Waals surface area contributed by atoms with Crippen molar-refractivity contribution >= 4 is 11.7 Å². The summed E-state index contributed by atoms with van der Waals surface area (Å²) in [4.78, 5) is 15.0. The molecule has 0 aromatic carbocycles. The van der Waals surface area contributed by atoms with Crippen LogP contribution >= 0.6 is 0 Å². The van der Waals surface area contributed by atoms with Crippen LogP contribution in [0.4, 0.5) is 5.82 Å². The van der Waals surface area contributed by atoms with Gasteiger partial charge >= 0.3 is 0 Å². The second-order valence-corrected chi connectivity index (χ2v) is 8.07. The smallest absolute Gasteiger partial charge is 0.239 e. The molecule has 0 spiro atoms. The van der Waals surface area contributed by atoms with Gasteiger partial charge in [0.1, 0.15) is 11.9 Å². The molecule has 1 aliphatic heterocycles. The quantitative estimate of drug-likeness (QED) is 0.875. The number of likely N-dealkylation sites (tertiary alicyclic amines) is 1. The van der Waals surface area contributed by atoms with Gasteiger partial charge in [0.15, 0.2) is 0 Å². The van der Waals surface area contributed by atoms with Gasteiger partial charge in [0.05, 0.1) is 12.1 Å². The summed E-state index contributed by atoms with van der Waals surface area (Å²) in [7, 11) is 0. The number of hydrogen-bond acceptors (Lipinski definition) is 3. The van der Waals surface area contributed by atoms with Crippen molar-refractivity contribution in [2.45, 2.75) is 84.2 Å². The largest absolute Gasteiger partial charge is 0.327 e. The minimum atomic E-state index is 0.00445. The molecule has 5 nitrogen and oxygen atoms in total. The number of anilines is 1. The number of nitrogens with zero attached hydrogens (tertiary/aromatic N) is 3. The highest BCUT2D eigenvalue weighted by atomic mass is 16.2. The van der Waals surface area contributed by atoms with Crippen LogP contribution in [-0.4, -0.2) is 34.5 Å². The second kappa shape index (κ2) is 8.26. The maximum atomic E-state index is 12.8. The van der Waals surface area contributed by atoms with Gasteiger partial charge in [0.2, 0.25) is 5.91 Å². The van der Waals surface area contributed by atoms with Gasteiger partial charge in [-0.15, -0.1) is 0 Å². The first-order valence-corrected chi connectivity index (χ1v) is 10.2. The van der Waals surface area contributed by atoms with E-state index in [0.717, 1.165) is 49.3 Å². The lowest BCUT2D eigenvalue weighted by atomic mass is 9.95. The van der Waals surface area contributed by atoms with Crippen LogP contribution in [0, 0.1) is 25.2 Å². The first kappa shape index (κ1) is 19.0. The zero-order chi connectivity index (χ0) is 18.7. The molecule has 1 saturated heterocycles. The number of rotatable bonds is 4. The average molecular weight is 357 g/mol. The van der Waals surface area contributed by atoms with Gasteiger partial charge in [0.25, 0.3) is 0 Å². The van der Waals surface area contributed by atoms with Crippen LogP contribution in [0.3, 0.4) is 0 Å². The van der Waals surface area contributed by atoms with E-state index in [-0.39, 0.29) is 5.91 Å². The van der Waals surface area contributed by atoms with Crippen LogP contribution in [0.25, 0.3) is 0 Å². The first-order chi connectivity index (χ1) is 12.5. The van der Waals surface area contributed by atoms with Crippen molar-refractivity contribution in [1.29, 1.82) is 5.26 Å². The zero-order valence-corrected chi connectivity index (χ0v) is 16.5. The predicted molar refractivity (Wildman–Crippen MR) is 104 cm³/mol. The van der Waals surface area contributed by atoms with Gasteiger partial charge in [0, 0.05) is 17.8 Å². The van der Waals surface area contributed by atoms with Crippen molar-refractivity contribution in [3.63, 3.8) is 0 Å². The van der Waals surface area contributed by atoms with E-state index >= 15 is 0 Å². The van der Waals surface area contributed by atoms with E-state index in [2.05, 4.69) is 34.7 Å². The van der Waals surface area contributed by atoms with Crippen LogP contribution in [0.1, 0.15) is 81.2 Å². The standard InChI is InChI=1S/C21H32N4O/c1-15-9-7-8-12-24(15)14-20(26)23-21-19(13-22)16(2)17(3)25(21)18-10-5-4-6-11-18/h15,18H,4-12,14H2,1-3H3,(H,23,26)/t15-/m1/s1. The van der Waals surface area contributed by atoms with Crippen molar-refractivity contribution < 1.29 is 4.79 Å². The predicted octanol–water partition coefficient (Wildman–Crippen LogP) is 4.29. The molecule has 0 radical (unpaired) electrons. The Labute approximate surface area is 157 Å². The molecule has 3 rings (SSSR count). The summed E-state index contributed by atoms with van der Waals surface area (Å²) in [6.07, 6.45) is 9.57. The Kier molecular flexibility index (Phi) is 6.03. The lowest BCUT2D eigenvalue weighted by Crippen LogP contribution is -2.42. The molecule has 1 atom stereocenters. The monoisotopic (exact) mass is 356 g/mol. The molecule has 1 N–H and O–H groups in total. The van der Waals surface area contributed by atoms with E-state index in [1.807, 2.05) is 6.92 Å². The van der Waals surface area contributed by atoms with Crippen LogP contribution < -0.4 is 5.32 Å². The third-order valence-corrected chi connectivity index (χ3v) is 6.35. The molecular formula is C21H32N4O. The van der Waals surface area contributed by atoms with Gasteiger partial charge in [-0.2, -0.15) is 5.26 Å². The fourth-order valence-electron chi connectivity index (χ4n) is 4.63. The molecule has 0 unspecified atom stereocenters. The Morgan fingerprint density at radius 3 is 2.50 bits per heavy atom. The van der Waals surface area contributed by atoms with E-state index in [0.29, 0.717) is 24.2 Å². The lowest BCUT2D eigenvalue weighted by Gasteiger charge is -2.33. The van der Waals surface area contributed by atoms with Crippen LogP contribution in [-0.2, 0) is 4.79 Å². The maximum Gasteiger partial charge on any atom is 0.239 e. The highest BCUT2D eigenvalue weighted by Crippen LogP contribution is 2.36. The number of piperidine rings is 1. The summed E-state index contributed by atoms with van der Waals surface area (Å²) in [5.74, 6) is 0.730. The summed E-state index contributed by atoms with van der Waals surface area (Å²) >= 11 is 0. The van der Waals surface area contributed by atoms with Crippen molar-refractivity contribution in [1.82, 2.24) is 9.47 Å². The van der Waals surface area contributed by atoms with Crippen molar-refractivity contribution in [3.05, 3.63) is 16.8 Å². The Balaban J connectivity index is 1.82. The topological polar surface area (TPSA) is 61.1 Å². The van der Waals surface area contributed by atoms with Crippen molar-refractivity contribution in [2.75, 3.05) is 18.4 Å². The van der Waals surface area contributed by atoms with Gasteiger partial charge in [-0.25, -0.2) is 0 Å². The zero-order valence-electron chi connectivity index (χ0n) is 16.5. The molecule has 1 aromatic heterocycles. The highest BCUT2D eigenvalue weighted by Gasteiger charge is 2.27. The fraction of sp³-hybridized carbons (Fsp3) is 0.714. The second-order valence-electron chi connectivity index (χ2n) is 8.07. The minimum Gasteiger partial charge on any atom is -0.327 e. The Morgan fingerprint density at radius 1 is 1.15 bits per heavy atom. The Bertz CT molecular complexity index is 694. The molecule has 2 heterocycles. The molecule has 5 heteroatoms. The van der Waals surface area contributed by atoms with E-state index in [9.17, 15) is 10.1 Å². The van der Waals surface area contributed by atoms with Gasteiger partial charge in [-0.3, -0.25) is 9.69 Å². The summed E-state index contributed by atoms with van der Waals surface area (Å²) in [5.41, 5.74) is 2.75. The van der Waals surface area contributed by atoms with Gasteiger partial charge < -0.3 is 9.88 Å². The van der Waals surface area contributed by atoms with Crippen LogP contribution in [0.5, 0.6) is 0 Å². The third-order valence-electron chi connectivity index (χ3n) is 6.35. The number of carbonyl (C=O) groups excluding carboxylic acids is 1. The molecule has 2 aliphatic rings. The summed E-state index contributed by atoms with van der Waals surface area (Å²) in [6, 6.07) is 3.19. The number of carbonyl (C=O) groups is 1. The fourth-order valence-corrected chi connectivity index (χ4v) is 4.63. The van der Waals surface area contributed by atoms with E-state index < -0.39 is 0 Å². The molecule has 26 heavy (non-hydrogen) atoms. The molecule has 1 aliphatic carbocycles. The number of nitriles is 1. The Hall–Kier alpha value is -1.80. The van der Waals surface area contributed by atoms with E-state index in [1.54, 1.807) is 0 Å². The highest BCUT2D eigenvalue weighted by molar-refractivity contribution is 5.93. The number of amides is 1. The third kappa shape index (κ3) is 3.81. The van der Waals surface area contributed by atoms with Crippen molar-refractivity contribution in [3.8, 4) is 6.07 Å². The minimum absolute atomic E-state index is 0.00445. The molecule has 1 amide bonds. The summed E-state index contributed by atoms with van der Waals surface area (Å²) < 4.78 is 2.24. The van der Waals surface area contributed by atoms with E-state index in [4.69, 9.17) is 0 Å². The maximum absolute atomic E-state index is 12.8. The molecule has 142 valence electrons. The van der Waals surface area contributed by atoms with Crippen LogP contribution in [0.2, 0.25) is 0 Å². The number of nitrogens with one attached hydrogen (secondary N) is 1. The van der Waals surface area contributed by atoms with Crippen molar-refractivity contribution in [2.24, 2.45) is 0 Å². The molecular weight excluding hydrogens is 324 g/mol. The van der Waals surface area contributed by atoms with Gasteiger partial charge in [-0.1, -0.05) is 25.7 Å². The van der Waals surface area contributed by atoms with Crippen LogP contribution in [0.15, 0.2) is 0 Å².